The Bertz CT molecular complexity index is 851. The van der Waals surface area contributed by atoms with E-state index in [-0.39, 0.29) is 10.7 Å². The summed E-state index contributed by atoms with van der Waals surface area (Å²) in [4.78, 5) is 12.4. The summed E-state index contributed by atoms with van der Waals surface area (Å²) in [5.41, 5.74) is 9.07. The maximum Gasteiger partial charge on any atom is 0.185 e. The van der Waals surface area contributed by atoms with E-state index >= 15 is 0 Å². The molecule has 0 aromatic rings. The zero-order valence-electron chi connectivity index (χ0n) is 23.9. The Kier molecular flexibility index (Phi) is 15.4. The van der Waals surface area contributed by atoms with E-state index in [1.807, 2.05) is 34.6 Å². The molecule has 1 unspecified atom stereocenters. The van der Waals surface area contributed by atoms with Gasteiger partial charge in [-0.2, -0.15) is 0 Å². The minimum atomic E-state index is -0.308. The van der Waals surface area contributed by atoms with E-state index in [9.17, 15) is 4.79 Å². The van der Waals surface area contributed by atoms with Crippen LogP contribution in [0.3, 0.4) is 0 Å². The number of Topliss-reactive ketones (excluding diaryl/α,β-unsaturated/α-hetero) is 1. The van der Waals surface area contributed by atoms with Gasteiger partial charge in [0, 0.05) is 16.0 Å². The fraction of sp³-hybridized carbons (Fsp3) is 0.594. The third-order valence-electron chi connectivity index (χ3n) is 6.71. The van der Waals surface area contributed by atoms with Crippen molar-refractivity contribution in [1.29, 1.82) is 0 Å². The number of hydrogen-bond donors (Lipinski definition) is 0. The van der Waals surface area contributed by atoms with Gasteiger partial charge in [-0.3, -0.25) is 4.79 Å². The van der Waals surface area contributed by atoms with E-state index in [4.69, 9.17) is 11.6 Å². The number of rotatable bonds is 12. The van der Waals surface area contributed by atoms with Crippen LogP contribution in [0.5, 0.6) is 0 Å². The summed E-state index contributed by atoms with van der Waals surface area (Å²) in [6, 6.07) is 0. The van der Waals surface area contributed by atoms with Crippen molar-refractivity contribution in [2.45, 2.75) is 125 Å². The van der Waals surface area contributed by atoms with Gasteiger partial charge in [0.25, 0.3) is 0 Å². The molecule has 0 heterocycles. The predicted octanol–water partition coefficient (Wildman–Crippen LogP) is 10.8. The molecule has 0 saturated carbocycles. The van der Waals surface area contributed by atoms with E-state index in [2.05, 4.69) is 59.4 Å². The lowest BCUT2D eigenvalue weighted by Crippen LogP contribution is -2.20. The molecule has 0 bridgehead atoms. The molecule has 0 fully saturated rings. The SMILES string of the molecule is C=C1C(C)=C(C)C(=O)C(CCC(C)(Cl)CC/C=C(\C)CC/C=C(\C)CCC=C(C)C)=C1C.CC. The summed E-state index contributed by atoms with van der Waals surface area (Å²) in [5, 5.41) is 0. The molecule has 1 rings (SSSR count). The zero-order valence-corrected chi connectivity index (χ0v) is 24.6. The molecular weight excluding hydrogens is 436 g/mol. The molecule has 0 spiro atoms. The number of hydrogen-bond acceptors (Lipinski definition) is 1. The zero-order chi connectivity index (χ0) is 26.5. The smallest absolute Gasteiger partial charge is 0.185 e. The van der Waals surface area contributed by atoms with Crippen LogP contribution in [0.4, 0.5) is 0 Å². The van der Waals surface area contributed by atoms with Gasteiger partial charge in [-0.1, -0.05) is 55.4 Å². The van der Waals surface area contributed by atoms with Gasteiger partial charge in [0.15, 0.2) is 5.78 Å². The molecule has 0 aromatic heterocycles. The Balaban J connectivity index is 0.00000529. The summed E-state index contributed by atoms with van der Waals surface area (Å²) < 4.78 is 0. The molecule has 0 saturated heterocycles. The van der Waals surface area contributed by atoms with Crippen LogP contribution in [-0.2, 0) is 4.79 Å². The second-order valence-corrected chi connectivity index (χ2v) is 11.0. The van der Waals surface area contributed by atoms with Gasteiger partial charge >= 0.3 is 0 Å². The molecule has 0 aromatic carbocycles. The molecular formula is C32H51ClO. The number of allylic oxidation sites excluding steroid dienone is 11. The van der Waals surface area contributed by atoms with Crippen LogP contribution in [-0.4, -0.2) is 10.7 Å². The first-order valence-corrected chi connectivity index (χ1v) is 13.5. The van der Waals surface area contributed by atoms with Gasteiger partial charge in [0.05, 0.1) is 0 Å². The highest BCUT2D eigenvalue weighted by Crippen LogP contribution is 2.36. The first kappa shape index (κ1) is 32.4. The number of halogens is 1. The monoisotopic (exact) mass is 486 g/mol. The highest BCUT2D eigenvalue weighted by molar-refractivity contribution is 6.23. The van der Waals surface area contributed by atoms with Crippen molar-refractivity contribution in [3.63, 3.8) is 0 Å². The maximum atomic E-state index is 12.7. The topological polar surface area (TPSA) is 17.1 Å². The Morgan fingerprint density at radius 1 is 0.824 bits per heavy atom. The van der Waals surface area contributed by atoms with Crippen molar-refractivity contribution in [2.75, 3.05) is 0 Å². The molecule has 0 aliphatic heterocycles. The van der Waals surface area contributed by atoms with Crippen molar-refractivity contribution in [2.24, 2.45) is 0 Å². The Morgan fingerprint density at radius 3 is 1.85 bits per heavy atom. The summed E-state index contributed by atoms with van der Waals surface area (Å²) in [6.45, 7) is 24.9. The van der Waals surface area contributed by atoms with E-state index in [1.54, 1.807) is 0 Å². The number of alkyl halides is 1. The molecule has 0 amide bonds. The van der Waals surface area contributed by atoms with E-state index < -0.39 is 0 Å². The van der Waals surface area contributed by atoms with Crippen LogP contribution in [0.25, 0.3) is 0 Å². The Morgan fingerprint density at radius 2 is 1.32 bits per heavy atom. The van der Waals surface area contributed by atoms with E-state index in [0.29, 0.717) is 6.42 Å². The summed E-state index contributed by atoms with van der Waals surface area (Å²) in [6.07, 6.45) is 14.9. The van der Waals surface area contributed by atoms with Crippen LogP contribution in [0.15, 0.2) is 69.4 Å². The van der Waals surface area contributed by atoms with Crippen molar-refractivity contribution < 1.29 is 4.79 Å². The maximum absolute atomic E-state index is 12.7. The van der Waals surface area contributed by atoms with Gasteiger partial charge in [-0.25, -0.2) is 0 Å². The molecule has 2 heteroatoms. The van der Waals surface area contributed by atoms with Gasteiger partial charge < -0.3 is 0 Å². The Hall–Kier alpha value is -1.60. The standard InChI is InChI=1S/C30H45ClO.C2H6/c1-21(2)13-10-14-22(3)15-11-16-23(4)17-12-19-30(9,31)20-18-28-26(7)24(5)25(6)27(8)29(28)32;1-2/h13,15,17H,5,10-12,14,16,18-20H2,1-4,6-9H3;1-2H3/b22-15+,23-17+;. The van der Waals surface area contributed by atoms with Crippen LogP contribution in [0, 0.1) is 0 Å². The minimum Gasteiger partial charge on any atom is -0.289 e. The lowest BCUT2D eigenvalue weighted by Gasteiger charge is -2.26. The molecule has 192 valence electrons. The minimum absolute atomic E-state index is 0.166. The lowest BCUT2D eigenvalue weighted by molar-refractivity contribution is -0.112. The highest BCUT2D eigenvalue weighted by Gasteiger charge is 2.27. The Labute approximate surface area is 216 Å². The quantitative estimate of drug-likeness (QED) is 0.198. The third-order valence-corrected chi connectivity index (χ3v) is 7.09. The van der Waals surface area contributed by atoms with E-state index in [1.165, 1.54) is 16.7 Å². The van der Waals surface area contributed by atoms with Crippen molar-refractivity contribution in [3.8, 4) is 0 Å². The van der Waals surface area contributed by atoms with E-state index in [0.717, 1.165) is 72.8 Å². The number of carbonyl (C=O) groups is 1. The highest BCUT2D eigenvalue weighted by atomic mass is 35.5. The summed E-state index contributed by atoms with van der Waals surface area (Å²) in [5.74, 6) is 0.166. The largest absolute Gasteiger partial charge is 0.289 e. The van der Waals surface area contributed by atoms with Crippen molar-refractivity contribution in [3.05, 3.63) is 69.4 Å². The second-order valence-electron chi connectivity index (χ2n) is 10.1. The molecule has 0 N–H and O–H groups in total. The first-order chi connectivity index (χ1) is 15.9. The first-order valence-electron chi connectivity index (χ1n) is 13.1. The molecule has 1 aliphatic rings. The van der Waals surface area contributed by atoms with Crippen LogP contribution >= 0.6 is 11.6 Å². The number of ketones is 1. The summed E-state index contributed by atoms with van der Waals surface area (Å²) >= 11 is 6.84. The van der Waals surface area contributed by atoms with Crippen molar-refractivity contribution >= 4 is 17.4 Å². The van der Waals surface area contributed by atoms with Crippen LogP contribution in [0.2, 0.25) is 0 Å². The molecule has 1 atom stereocenters. The van der Waals surface area contributed by atoms with Gasteiger partial charge in [0.2, 0.25) is 0 Å². The number of carbonyl (C=O) groups excluding carboxylic acids is 1. The molecule has 1 nitrogen and oxygen atoms in total. The average molecular weight is 487 g/mol. The average Bonchev–Trinajstić information content (AvgIpc) is 2.77. The predicted molar refractivity (Wildman–Crippen MR) is 155 cm³/mol. The normalized spacial score (nSPS) is 16.9. The lowest BCUT2D eigenvalue weighted by atomic mass is 9.81. The third kappa shape index (κ3) is 11.7. The second kappa shape index (κ2) is 16.1. The van der Waals surface area contributed by atoms with Crippen LogP contribution in [0.1, 0.15) is 121 Å². The van der Waals surface area contributed by atoms with Crippen molar-refractivity contribution in [1.82, 2.24) is 0 Å². The summed E-state index contributed by atoms with van der Waals surface area (Å²) in [7, 11) is 0. The van der Waals surface area contributed by atoms with Gasteiger partial charge in [-0.15, -0.1) is 11.6 Å². The molecule has 34 heavy (non-hydrogen) atoms. The van der Waals surface area contributed by atoms with Gasteiger partial charge in [-0.05, 0) is 123 Å². The van der Waals surface area contributed by atoms with Crippen LogP contribution < -0.4 is 0 Å². The molecule has 0 radical (unpaired) electrons. The fourth-order valence-electron chi connectivity index (χ4n) is 4.03. The van der Waals surface area contributed by atoms with Gasteiger partial charge in [0.1, 0.15) is 0 Å². The molecule has 1 aliphatic carbocycles. The fourth-order valence-corrected chi connectivity index (χ4v) is 4.23.